The predicted molar refractivity (Wildman–Crippen MR) is 69.9 cm³/mol. The molecule has 1 aromatic rings. The fraction of sp³-hybridized carbons (Fsp3) is 0.500. The van der Waals surface area contributed by atoms with Crippen molar-refractivity contribution in [1.82, 2.24) is 9.88 Å². The van der Waals surface area contributed by atoms with Gasteiger partial charge in [0.1, 0.15) is 5.69 Å². The van der Waals surface area contributed by atoms with E-state index in [2.05, 4.69) is 5.32 Å². The van der Waals surface area contributed by atoms with Crippen LogP contribution in [-0.4, -0.2) is 45.2 Å². The van der Waals surface area contributed by atoms with Crippen LogP contribution in [0, 0.1) is 10.1 Å². The van der Waals surface area contributed by atoms with Crippen molar-refractivity contribution in [1.29, 1.82) is 0 Å². The number of carbonyl (C=O) groups is 2. The first-order chi connectivity index (χ1) is 9.88. The number of nitro groups is 1. The third-order valence-corrected chi connectivity index (χ3v) is 3.31. The Hall–Kier alpha value is -2.42. The van der Waals surface area contributed by atoms with Crippen LogP contribution in [-0.2, 0) is 16.6 Å². The van der Waals surface area contributed by atoms with E-state index in [9.17, 15) is 19.7 Å². The lowest BCUT2D eigenvalue weighted by molar-refractivity contribution is -0.384. The summed E-state index contributed by atoms with van der Waals surface area (Å²) >= 11 is 0. The number of carboxylic acid groups (broad SMARTS) is 1. The highest BCUT2D eigenvalue weighted by molar-refractivity contribution is 5.93. The first-order valence-corrected chi connectivity index (χ1v) is 6.35. The van der Waals surface area contributed by atoms with E-state index in [1.807, 2.05) is 0 Å². The Morgan fingerprint density at radius 2 is 2.29 bits per heavy atom. The standard InChI is InChI=1S/C12H15N3O6/c1-14-6-7(15(19)20)4-9(14)11(16)13-5-8-2-3-10(21-8)12(17)18/h4,6,8,10H,2-3,5H2,1H3,(H,13,16)(H,17,18). The van der Waals surface area contributed by atoms with Gasteiger partial charge < -0.3 is 19.7 Å². The Morgan fingerprint density at radius 1 is 1.57 bits per heavy atom. The third-order valence-electron chi connectivity index (χ3n) is 3.31. The van der Waals surface area contributed by atoms with E-state index in [-0.39, 0.29) is 24.0 Å². The number of aliphatic carboxylic acids is 1. The van der Waals surface area contributed by atoms with Gasteiger partial charge in [0.05, 0.1) is 17.2 Å². The molecule has 2 heterocycles. The molecule has 0 aromatic carbocycles. The van der Waals surface area contributed by atoms with Crippen LogP contribution in [0.1, 0.15) is 23.3 Å². The predicted octanol–water partition coefficient (Wildman–Crippen LogP) is 0.295. The Bertz CT molecular complexity index is 582. The van der Waals surface area contributed by atoms with Crippen LogP contribution in [0.3, 0.4) is 0 Å². The molecule has 0 spiro atoms. The summed E-state index contributed by atoms with van der Waals surface area (Å²) in [4.78, 5) is 32.8. The largest absolute Gasteiger partial charge is 0.479 e. The molecule has 0 aliphatic carbocycles. The van der Waals surface area contributed by atoms with Gasteiger partial charge in [-0.2, -0.15) is 0 Å². The van der Waals surface area contributed by atoms with Crippen molar-refractivity contribution in [2.75, 3.05) is 6.54 Å². The number of carboxylic acids is 1. The number of nitrogens with one attached hydrogen (secondary N) is 1. The molecule has 1 aliphatic heterocycles. The molecular weight excluding hydrogens is 282 g/mol. The average molecular weight is 297 g/mol. The minimum atomic E-state index is -1.01. The maximum atomic E-state index is 11.9. The molecule has 1 fully saturated rings. The van der Waals surface area contributed by atoms with Gasteiger partial charge in [0, 0.05) is 19.7 Å². The number of nitrogens with zero attached hydrogens (tertiary/aromatic N) is 2. The molecule has 2 N–H and O–H groups in total. The van der Waals surface area contributed by atoms with Crippen LogP contribution >= 0.6 is 0 Å². The second kappa shape index (κ2) is 5.92. The first kappa shape index (κ1) is 15.0. The fourth-order valence-corrected chi connectivity index (χ4v) is 2.21. The number of hydrogen-bond acceptors (Lipinski definition) is 5. The maximum absolute atomic E-state index is 11.9. The molecule has 9 nitrogen and oxygen atoms in total. The van der Waals surface area contributed by atoms with Gasteiger partial charge in [-0.15, -0.1) is 0 Å². The summed E-state index contributed by atoms with van der Waals surface area (Å²) in [6.45, 7) is 0.168. The minimum absolute atomic E-state index is 0.161. The summed E-state index contributed by atoms with van der Waals surface area (Å²) in [5, 5.41) is 22.0. The molecule has 2 unspecified atom stereocenters. The highest BCUT2D eigenvalue weighted by Crippen LogP contribution is 2.19. The summed E-state index contributed by atoms with van der Waals surface area (Å²) in [6.07, 6.45) is 1.02. The Labute approximate surface area is 119 Å². The molecular formula is C12H15N3O6. The summed E-state index contributed by atoms with van der Waals surface area (Å²) in [5.74, 6) is -1.48. The van der Waals surface area contributed by atoms with Crippen molar-refractivity contribution < 1.29 is 24.4 Å². The van der Waals surface area contributed by atoms with Gasteiger partial charge in [-0.1, -0.05) is 0 Å². The highest BCUT2D eigenvalue weighted by Gasteiger charge is 2.30. The van der Waals surface area contributed by atoms with Gasteiger partial charge in [-0.05, 0) is 12.8 Å². The number of hydrogen-bond donors (Lipinski definition) is 2. The smallest absolute Gasteiger partial charge is 0.332 e. The summed E-state index contributed by atoms with van der Waals surface area (Å²) in [7, 11) is 1.54. The van der Waals surface area contributed by atoms with Gasteiger partial charge in [0.25, 0.3) is 11.6 Å². The molecule has 114 valence electrons. The number of rotatable bonds is 5. The van der Waals surface area contributed by atoms with Crippen molar-refractivity contribution in [2.24, 2.45) is 7.05 Å². The molecule has 9 heteroatoms. The number of carbonyl (C=O) groups excluding carboxylic acids is 1. The van der Waals surface area contributed by atoms with Crippen LogP contribution in [0.4, 0.5) is 5.69 Å². The molecule has 1 amide bonds. The first-order valence-electron chi connectivity index (χ1n) is 6.35. The lowest BCUT2D eigenvalue weighted by Gasteiger charge is -2.12. The SMILES string of the molecule is Cn1cc([N+](=O)[O-])cc1C(=O)NCC1CCC(C(=O)O)O1. The number of aryl methyl sites for hydroxylation is 1. The third kappa shape index (κ3) is 3.37. The molecule has 2 atom stereocenters. The van der Waals surface area contributed by atoms with Crippen LogP contribution in [0.5, 0.6) is 0 Å². The van der Waals surface area contributed by atoms with Crippen molar-refractivity contribution in [2.45, 2.75) is 25.0 Å². The van der Waals surface area contributed by atoms with Crippen LogP contribution in [0.15, 0.2) is 12.3 Å². The van der Waals surface area contributed by atoms with Crippen molar-refractivity contribution >= 4 is 17.6 Å². The zero-order valence-corrected chi connectivity index (χ0v) is 11.3. The van der Waals surface area contributed by atoms with Gasteiger partial charge in [-0.25, -0.2) is 4.79 Å². The van der Waals surface area contributed by atoms with E-state index in [4.69, 9.17) is 9.84 Å². The molecule has 1 aliphatic rings. The zero-order chi connectivity index (χ0) is 15.6. The summed E-state index contributed by atoms with van der Waals surface area (Å²) in [5.41, 5.74) is 0.000175. The van der Waals surface area contributed by atoms with E-state index < -0.39 is 22.9 Å². The van der Waals surface area contributed by atoms with Gasteiger partial charge in [0.2, 0.25) is 0 Å². The van der Waals surface area contributed by atoms with Gasteiger partial charge in [-0.3, -0.25) is 14.9 Å². The number of aromatic nitrogens is 1. The van der Waals surface area contributed by atoms with E-state index in [0.29, 0.717) is 12.8 Å². The molecule has 21 heavy (non-hydrogen) atoms. The van der Waals surface area contributed by atoms with E-state index in [1.165, 1.54) is 23.9 Å². The molecule has 0 saturated carbocycles. The zero-order valence-electron chi connectivity index (χ0n) is 11.3. The van der Waals surface area contributed by atoms with Crippen molar-refractivity contribution in [3.63, 3.8) is 0 Å². The second-order valence-electron chi connectivity index (χ2n) is 4.82. The van der Waals surface area contributed by atoms with Crippen LogP contribution in [0.2, 0.25) is 0 Å². The van der Waals surface area contributed by atoms with Crippen molar-refractivity contribution in [3.8, 4) is 0 Å². The topological polar surface area (TPSA) is 124 Å². The van der Waals surface area contributed by atoms with Gasteiger partial charge in [0.15, 0.2) is 6.10 Å². The Balaban J connectivity index is 1.91. The fourth-order valence-electron chi connectivity index (χ4n) is 2.21. The summed E-state index contributed by atoms with van der Waals surface area (Å²) < 4.78 is 6.62. The summed E-state index contributed by atoms with van der Waals surface area (Å²) in [6, 6.07) is 1.19. The molecule has 1 saturated heterocycles. The maximum Gasteiger partial charge on any atom is 0.332 e. The molecule has 1 aromatic heterocycles. The quantitative estimate of drug-likeness (QED) is 0.595. The number of amides is 1. The lowest BCUT2D eigenvalue weighted by Crippen LogP contribution is -2.33. The average Bonchev–Trinajstić information content (AvgIpc) is 3.02. The molecule has 2 rings (SSSR count). The van der Waals surface area contributed by atoms with Crippen LogP contribution in [0.25, 0.3) is 0 Å². The minimum Gasteiger partial charge on any atom is -0.479 e. The Morgan fingerprint density at radius 3 is 2.81 bits per heavy atom. The van der Waals surface area contributed by atoms with E-state index in [0.717, 1.165) is 0 Å². The lowest BCUT2D eigenvalue weighted by atomic mass is 10.2. The van der Waals surface area contributed by atoms with E-state index in [1.54, 1.807) is 0 Å². The normalized spacial score (nSPS) is 21.2. The van der Waals surface area contributed by atoms with Crippen LogP contribution < -0.4 is 5.32 Å². The Kier molecular flexibility index (Phi) is 4.22. The van der Waals surface area contributed by atoms with Gasteiger partial charge >= 0.3 is 5.97 Å². The number of ether oxygens (including phenoxy) is 1. The van der Waals surface area contributed by atoms with E-state index >= 15 is 0 Å². The molecule has 0 radical (unpaired) electrons. The molecule has 0 bridgehead atoms. The highest BCUT2D eigenvalue weighted by atomic mass is 16.6. The second-order valence-corrected chi connectivity index (χ2v) is 4.82. The van der Waals surface area contributed by atoms with Crippen molar-refractivity contribution in [3.05, 3.63) is 28.1 Å². The monoisotopic (exact) mass is 297 g/mol.